The fraction of sp³-hybridized carbons (Fsp3) is 0.0714. The molecule has 0 unspecified atom stereocenters. The highest BCUT2D eigenvalue weighted by molar-refractivity contribution is 9.10. The number of aryl methyl sites for hydroxylation is 1. The molecule has 5 heteroatoms. The molecule has 19 heavy (non-hydrogen) atoms. The fourth-order valence-electron chi connectivity index (χ4n) is 1.79. The van der Waals surface area contributed by atoms with Crippen molar-refractivity contribution in [3.63, 3.8) is 0 Å². The number of thiophene rings is 2. The molecule has 96 valence electrons. The number of nitrogens with one attached hydrogen (secondary N) is 1. The van der Waals surface area contributed by atoms with Crippen LogP contribution < -0.4 is 5.32 Å². The Morgan fingerprint density at radius 2 is 2.05 bits per heavy atom. The van der Waals surface area contributed by atoms with E-state index in [1.807, 2.05) is 42.6 Å². The van der Waals surface area contributed by atoms with Gasteiger partial charge in [0.2, 0.25) is 0 Å². The van der Waals surface area contributed by atoms with Crippen LogP contribution in [-0.4, -0.2) is 5.91 Å². The summed E-state index contributed by atoms with van der Waals surface area (Å²) in [7, 11) is 0. The van der Waals surface area contributed by atoms with E-state index in [0.717, 1.165) is 20.6 Å². The average Bonchev–Trinajstić information content (AvgIpc) is 2.94. The van der Waals surface area contributed by atoms with Crippen molar-refractivity contribution in [2.24, 2.45) is 0 Å². The van der Waals surface area contributed by atoms with Crippen molar-refractivity contribution >= 4 is 59.6 Å². The largest absolute Gasteiger partial charge is 0.321 e. The van der Waals surface area contributed by atoms with Gasteiger partial charge in [-0.25, -0.2) is 0 Å². The number of rotatable bonds is 2. The molecule has 0 aliphatic heterocycles. The quantitative estimate of drug-likeness (QED) is 0.667. The molecule has 0 radical (unpaired) electrons. The minimum absolute atomic E-state index is 0.0467. The lowest BCUT2D eigenvalue weighted by Crippen LogP contribution is -2.11. The highest BCUT2D eigenvalue weighted by Gasteiger charge is 2.12. The monoisotopic (exact) mass is 351 g/mol. The molecule has 0 fully saturated rings. The Morgan fingerprint density at radius 1 is 1.21 bits per heavy atom. The number of carbonyl (C=O) groups excluding carboxylic acids is 1. The first-order chi connectivity index (χ1) is 9.13. The van der Waals surface area contributed by atoms with E-state index in [4.69, 9.17) is 0 Å². The van der Waals surface area contributed by atoms with Crippen LogP contribution in [0.5, 0.6) is 0 Å². The summed E-state index contributed by atoms with van der Waals surface area (Å²) < 4.78 is 3.29. The van der Waals surface area contributed by atoms with Gasteiger partial charge in [0.15, 0.2) is 0 Å². The minimum atomic E-state index is -0.0467. The molecule has 1 amide bonds. The summed E-state index contributed by atoms with van der Waals surface area (Å²) in [6, 6.07) is 9.86. The number of carbonyl (C=O) groups is 1. The first-order valence-electron chi connectivity index (χ1n) is 5.68. The standard InChI is InChI=1S/C14H10BrNOS2/c1-8-2-3-9(15)6-10(8)16-14(17)13-7-12-11(19-13)4-5-18-12/h2-7H,1H3,(H,16,17). The van der Waals surface area contributed by atoms with Crippen molar-refractivity contribution in [3.05, 3.63) is 50.6 Å². The molecule has 0 bridgehead atoms. The maximum atomic E-state index is 12.2. The highest BCUT2D eigenvalue weighted by atomic mass is 79.9. The van der Waals surface area contributed by atoms with Gasteiger partial charge in [0, 0.05) is 19.6 Å². The second kappa shape index (κ2) is 5.07. The second-order valence-electron chi connectivity index (χ2n) is 4.17. The summed E-state index contributed by atoms with van der Waals surface area (Å²) in [6.07, 6.45) is 0. The predicted molar refractivity (Wildman–Crippen MR) is 86.5 cm³/mol. The van der Waals surface area contributed by atoms with Crippen molar-refractivity contribution in [3.8, 4) is 0 Å². The molecule has 0 atom stereocenters. The van der Waals surface area contributed by atoms with Crippen LogP contribution in [0.1, 0.15) is 15.2 Å². The first kappa shape index (κ1) is 12.8. The molecule has 2 nitrogen and oxygen atoms in total. The Bertz CT molecular complexity index is 731. The number of anilines is 1. The van der Waals surface area contributed by atoms with E-state index in [9.17, 15) is 4.79 Å². The average molecular weight is 352 g/mol. The third kappa shape index (κ3) is 2.59. The Morgan fingerprint density at radius 3 is 2.84 bits per heavy atom. The minimum Gasteiger partial charge on any atom is -0.321 e. The summed E-state index contributed by atoms with van der Waals surface area (Å²) >= 11 is 6.61. The Kier molecular flexibility index (Phi) is 3.43. The Balaban J connectivity index is 1.88. The van der Waals surface area contributed by atoms with Gasteiger partial charge in [-0.2, -0.15) is 0 Å². The van der Waals surface area contributed by atoms with Gasteiger partial charge >= 0.3 is 0 Å². The molecule has 3 rings (SSSR count). The molecule has 3 aromatic rings. The third-order valence-corrected chi connectivity index (χ3v) is 5.40. The number of amides is 1. The Labute approximate surface area is 127 Å². The molecule has 1 aromatic carbocycles. The van der Waals surface area contributed by atoms with Gasteiger partial charge < -0.3 is 5.32 Å². The lowest BCUT2D eigenvalue weighted by molar-refractivity contribution is 0.103. The summed E-state index contributed by atoms with van der Waals surface area (Å²) in [5.74, 6) is -0.0467. The number of halogens is 1. The van der Waals surface area contributed by atoms with Crippen LogP contribution >= 0.6 is 38.6 Å². The van der Waals surface area contributed by atoms with E-state index in [-0.39, 0.29) is 5.91 Å². The maximum Gasteiger partial charge on any atom is 0.265 e. The predicted octanol–water partition coefficient (Wildman–Crippen LogP) is 5.29. The van der Waals surface area contributed by atoms with Crippen LogP contribution in [-0.2, 0) is 0 Å². The van der Waals surface area contributed by atoms with E-state index in [1.54, 1.807) is 11.3 Å². The molecular weight excluding hydrogens is 342 g/mol. The molecule has 2 heterocycles. The van der Waals surface area contributed by atoms with E-state index in [1.165, 1.54) is 20.7 Å². The van der Waals surface area contributed by atoms with Crippen LogP contribution in [0, 0.1) is 6.92 Å². The third-order valence-electron chi connectivity index (χ3n) is 2.81. The number of hydrogen-bond donors (Lipinski definition) is 1. The van der Waals surface area contributed by atoms with E-state index in [2.05, 4.69) is 21.2 Å². The summed E-state index contributed by atoms with van der Waals surface area (Å²) in [5.41, 5.74) is 1.89. The topological polar surface area (TPSA) is 29.1 Å². The first-order valence-corrected chi connectivity index (χ1v) is 8.17. The van der Waals surface area contributed by atoms with E-state index in [0.29, 0.717) is 0 Å². The molecule has 0 aliphatic rings. The molecule has 1 N–H and O–H groups in total. The summed E-state index contributed by atoms with van der Waals surface area (Å²) in [6.45, 7) is 1.98. The molecule has 2 aromatic heterocycles. The normalized spacial score (nSPS) is 10.8. The van der Waals surface area contributed by atoms with Crippen molar-refractivity contribution in [2.45, 2.75) is 6.92 Å². The summed E-state index contributed by atoms with van der Waals surface area (Å²) in [5, 5.41) is 5.01. The van der Waals surface area contributed by atoms with Crippen LogP contribution in [0.4, 0.5) is 5.69 Å². The zero-order valence-corrected chi connectivity index (χ0v) is 13.3. The Hall–Kier alpha value is -1.17. The zero-order chi connectivity index (χ0) is 13.4. The maximum absolute atomic E-state index is 12.2. The number of hydrogen-bond acceptors (Lipinski definition) is 3. The van der Waals surface area contributed by atoms with Crippen molar-refractivity contribution in [2.75, 3.05) is 5.32 Å². The highest BCUT2D eigenvalue weighted by Crippen LogP contribution is 2.30. The van der Waals surface area contributed by atoms with Crippen molar-refractivity contribution in [1.29, 1.82) is 0 Å². The smallest absolute Gasteiger partial charge is 0.265 e. The van der Waals surface area contributed by atoms with Gasteiger partial charge in [0.05, 0.1) is 4.88 Å². The van der Waals surface area contributed by atoms with E-state index >= 15 is 0 Å². The van der Waals surface area contributed by atoms with Crippen LogP contribution in [0.15, 0.2) is 40.2 Å². The van der Waals surface area contributed by atoms with Gasteiger partial charge in [0.1, 0.15) is 0 Å². The molecule has 0 spiro atoms. The van der Waals surface area contributed by atoms with Gasteiger partial charge in [-0.15, -0.1) is 22.7 Å². The van der Waals surface area contributed by atoms with Crippen LogP contribution in [0.25, 0.3) is 9.40 Å². The van der Waals surface area contributed by atoms with Gasteiger partial charge in [-0.1, -0.05) is 22.0 Å². The van der Waals surface area contributed by atoms with Crippen molar-refractivity contribution < 1.29 is 4.79 Å². The van der Waals surface area contributed by atoms with Crippen molar-refractivity contribution in [1.82, 2.24) is 0 Å². The fourth-order valence-corrected chi connectivity index (χ4v) is 4.16. The molecule has 0 aliphatic carbocycles. The molecule has 0 saturated heterocycles. The lowest BCUT2D eigenvalue weighted by atomic mass is 10.2. The lowest BCUT2D eigenvalue weighted by Gasteiger charge is -2.07. The van der Waals surface area contributed by atoms with E-state index < -0.39 is 0 Å². The van der Waals surface area contributed by atoms with Crippen LogP contribution in [0.2, 0.25) is 0 Å². The molecule has 0 saturated carbocycles. The van der Waals surface area contributed by atoms with Crippen LogP contribution in [0.3, 0.4) is 0 Å². The van der Waals surface area contributed by atoms with Gasteiger partial charge in [0.25, 0.3) is 5.91 Å². The van der Waals surface area contributed by atoms with Gasteiger partial charge in [-0.3, -0.25) is 4.79 Å². The summed E-state index contributed by atoms with van der Waals surface area (Å²) in [4.78, 5) is 13.0. The number of fused-ring (bicyclic) bond motifs is 1. The second-order valence-corrected chi connectivity index (χ2v) is 7.12. The van der Waals surface area contributed by atoms with Gasteiger partial charge in [-0.05, 0) is 42.1 Å². The number of benzene rings is 1. The molecular formula is C14H10BrNOS2. The SMILES string of the molecule is Cc1ccc(Br)cc1NC(=O)c1cc2sccc2s1. The zero-order valence-electron chi connectivity index (χ0n) is 10.1.